The van der Waals surface area contributed by atoms with Gasteiger partial charge >= 0.3 is 0 Å². The van der Waals surface area contributed by atoms with E-state index >= 15 is 0 Å². The summed E-state index contributed by atoms with van der Waals surface area (Å²) in [7, 11) is 0. The number of rotatable bonds is 7. The van der Waals surface area contributed by atoms with Crippen LogP contribution in [-0.2, 0) is 16.0 Å². The molecule has 6 nitrogen and oxygen atoms in total. The number of benzene rings is 1. The van der Waals surface area contributed by atoms with Gasteiger partial charge in [-0.3, -0.25) is 9.59 Å². The van der Waals surface area contributed by atoms with E-state index in [-0.39, 0.29) is 23.7 Å². The largest absolute Gasteiger partial charge is 0.312 e. The van der Waals surface area contributed by atoms with E-state index in [0.717, 1.165) is 30.0 Å². The zero-order valence-corrected chi connectivity index (χ0v) is 16.9. The van der Waals surface area contributed by atoms with Crippen molar-refractivity contribution in [2.45, 2.75) is 52.4 Å². The SMILES string of the molecule is CCc1ccc(N2C[C@H](c3nnc(NC(=O)C(CC)CC)s3)CC2=O)cc1. The molecular weight excluding hydrogens is 360 g/mol. The van der Waals surface area contributed by atoms with Gasteiger partial charge in [-0.15, -0.1) is 10.2 Å². The van der Waals surface area contributed by atoms with Crippen LogP contribution < -0.4 is 10.2 Å². The first kappa shape index (κ1) is 19.5. The average Bonchev–Trinajstić information content (AvgIpc) is 3.29. The summed E-state index contributed by atoms with van der Waals surface area (Å²) in [5.41, 5.74) is 2.18. The van der Waals surface area contributed by atoms with Gasteiger partial charge in [0.05, 0.1) is 0 Å². The molecule has 144 valence electrons. The molecule has 1 aromatic carbocycles. The fraction of sp³-hybridized carbons (Fsp3) is 0.500. The Morgan fingerprint density at radius 2 is 1.93 bits per heavy atom. The molecular formula is C20H26N4O2S. The van der Waals surface area contributed by atoms with Crippen LogP contribution in [0.5, 0.6) is 0 Å². The summed E-state index contributed by atoms with van der Waals surface area (Å²) >= 11 is 1.37. The van der Waals surface area contributed by atoms with E-state index in [2.05, 4.69) is 34.6 Å². The monoisotopic (exact) mass is 386 g/mol. The first-order valence-electron chi connectivity index (χ1n) is 9.59. The normalized spacial score (nSPS) is 17.0. The molecule has 3 rings (SSSR count). The lowest BCUT2D eigenvalue weighted by atomic mass is 10.0. The Labute approximate surface area is 164 Å². The summed E-state index contributed by atoms with van der Waals surface area (Å²) in [6.45, 7) is 6.72. The minimum Gasteiger partial charge on any atom is -0.312 e. The maximum Gasteiger partial charge on any atom is 0.229 e. The molecule has 0 spiro atoms. The smallest absolute Gasteiger partial charge is 0.229 e. The van der Waals surface area contributed by atoms with Gasteiger partial charge < -0.3 is 10.2 Å². The van der Waals surface area contributed by atoms with Gasteiger partial charge in [-0.2, -0.15) is 0 Å². The lowest BCUT2D eigenvalue weighted by molar-refractivity contribution is -0.120. The third-order valence-corrected chi connectivity index (χ3v) is 6.16. The quantitative estimate of drug-likeness (QED) is 0.780. The van der Waals surface area contributed by atoms with Crippen LogP contribution >= 0.6 is 11.3 Å². The molecule has 0 saturated carbocycles. The van der Waals surface area contributed by atoms with Gasteiger partial charge in [-0.25, -0.2) is 0 Å². The number of amides is 2. The highest BCUT2D eigenvalue weighted by Gasteiger charge is 2.34. The predicted octanol–water partition coefficient (Wildman–Crippen LogP) is 4.00. The molecule has 1 aliphatic heterocycles. The van der Waals surface area contributed by atoms with Crippen LogP contribution in [0.1, 0.15) is 56.5 Å². The van der Waals surface area contributed by atoms with Crippen molar-refractivity contribution in [2.24, 2.45) is 5.92 Å². The molecule has 2 aromatic rings. The second-order valence-corrected chi connectivity index (χ2v) is 7.88. The Morgan fingerprint density at radius 3 is 2.56 bits per heavy atom. The Balaban J connectivity index is 1.66. The molecule has 0 radical (unpaired) electrons. The number of aryl methyl sites for hydroxylation is 1. The Kier molecular flexibility index (Phi) is 6.21. The van der Waals surface area contributed by atoms with E-state index in [0.29, 0.717) is 18.1 Å². The third-order valence-electron chi connectivity index (χ3n) is 5.16. The van der Waals surface area contributed by atoms with Crippen LogP contribution in [0.25, 0.3) is 0 Å². The number of carbonyl (C=O) groups excluding carboxylic acids is 2. The van der Waals surface area contributed by atoms with Crippen LogP contribution in [0, 0.1) is 5.92 Å². The summed E-state index contributed by atoms with van der Waals surface area (Å²) in [6.07, 6.45) is 3.01. The van der Waals surface area contributed by atoms with Crippen LogP contribution in [-0.4, -0.2) is 28.6 Å². The molecule has 7 heteroatoms. The summed E-state index contributed by atoms with van der Waals surface area (Å²) < 4.78 is 0. The number of aromatic nitrogens is 2. The molecule has 1 atom stereocenters. The fourth-order valence-electron chi connectivity index (χ4n) is 3.35. The van der Waals surface area contributed by atoms with Crippen molar-refractivity contribution in [2.75, 3.05) is 16.8 Å². The first-order valence-corrected chi connectivity index (χ1v) is 10.4. The Morgan fingerprint density at radius 1 is 1.22 bits per heavy atom. The average molecular weight is 387 g/mol. The predicted molar refractivity (Wildman–Crippen MR) is 108 cm³/mol. The van der Waals surface area contributed by atoms with Gasteiger partial charge in [0.2, 0.25) is 16.9 Å². The maximum atomic E-state index is 12.5. The zero-order chi connectivity index (χ0) is 19.4. The number of hydrogen-bond donors (Lipinski definition) is 1. The highest BCUT2D eigenvalue weighted by molar-refractivity contribution is 7.15. The minimum absolute atomic E-state index is 0.00741. The molecule has 1 fully saturated rings. The van der Waals surface area contributed by atoms with Crippen LogP contribution in [0.3, 0.4) is 0 Å². The van der Waals surface area contributed by atoms with Gasteiger partial charge in [0, 0.05) is 30.5 Å². The van der Waals surface area contributed by atoms with E-state index in [4.69, 9.17) is 0 Å². The van der Waals surface area contributed by atoms with Crippen molar-refractivity contribution < 1.29 is 9.59 Å². The first-order chi connectivity index (χ1) is 13.0. The van der Waals surface area contributed by atoms with Crippen molar-refractivity contribution in [1.82, 2.24) is 10.2 Å². The van der Waals surface area contributed by atoms with Crippen molar-refractivity contribution in [3.05, 3.63) is 34.8 Å². The summed E-state index contributed by atoms with van der Waals surface area (Å²) in [5, 5.41) is 12.5. The minimum atomic E-state index is -0.0113. The summed E-state index contributed by atoms with van der Waals surface area (Å²) in [6, 6.07) is 8.12. The third kappa shape index (κ3) is 4.35. The summed E-state index contributed by atoms with van der Waals surface area (Å²) in [4.78, 5) is 26.5. The second-order valence-electron chi connectivity index (χ2n) is 6.87. The fourth-order valence-corrected chi connectivity index (χ4v) is 4.19. The highest BCUT2D eigenvalue weighted by atomic mass is 32.1. The molecule has 27 heavy (non-hydrogen) atoms. The maximum absolute atomic E-state index is 12.5. The number of carbonyl (C=O) groups is 2. The number of nitrogens with zero attached hydrogens (tertiary/aromatic N) is 3. The molecule has 2 heterocycles. The van der Waals surface area contributed by atoms with E-state index in [1.54, 1.807) is 0 Å². The van der Waals surface area contributed by atoms with E-state index in [1.165, 1.54) is 16.9 Å². The molecule has 1 aliphatic rings. The molecule has 0 aliphatic carbocycles. The molecule has 1 N–H and O–H groups in total. The van der Waals surface area contributed by atoms with Crippen molar-refractivity contribution in [3.63, 3.8) is 0 Å². The lowest BCUT2D eigenvalue weighted by Crippen LogP contribution is -2.24. The van der Waals surface area contributed by atoms with Crippen molar-refractivity contribution >= 4 is 34.0 Å². The number of nitrogens with one attached hydrogen (secondary N) is 1. The lowest BCUT2D eigenvalue weighted by Gasteiger charge is -2.16. The topological polar surface area (TPSA) is 75.2 Å². The van der Waals surface area contributed by atoms with Crippen LogP contribution in [0.2, 0.25) is 0 Å². The molecule has 2 amide bonds. The molecule has 1 saturated heterocycles. The molecule has 0 bridgehead atoms. The van der Waals surface area contributed by atoms with Gasteiger partial charge in [0.1, 0.15) is 5.01 Å². The van der Waals surface area contributed by atoms with Gasteiger partial charge in [-0.05, 0) is 37.0 Å². The molecule has 0 unspecified atom stereocenters. The number of hydrogen-bond acceptors (Lipinski definition) is 5. The van der Waals surface area contributed by atoms with Gasteiger partial charge in [0.15, 0.2) is 0 Å². The standard InChI is InChI=1S/C20H26N4O2S/c1-4-13-7-9-16(10-8-13)24-12-15(11-17(24)25)19-22-23-20(27-19)21-18(26)14(5-2)6-3/h7-10,14-15H,4-6,11-12H2,1-3H3,(H,21,23,26)/t15-/m1/s1. The van der Waals surface area contributed by atoms with Gasteiger partial charge in [0.25, 0.3) is 0 Å². The van der Waals surface area contributed by atoms with Crippen LogP contribution in [0.15, 0.2) is 24.3 Å². The highest BCUT2D eigenvalue weighted by Crippen LogP contribution is 2.34. The van der Waals surface area contributed by atoms with Gasteiger partial charge in [-0.1, -0.05) is 44.2 Å². The molecule has 1 aromatic heterocycles. The van der Waals surface area contributed by atoms with E-state index in [1.807, 2.05) is 30.9 Å². The van der Waals surface area contributed by atoms with Crippen molar-refractivity contribution in [3.8, 4) is 0 Å². The van der Waals surface area contributed by atoms with Crippen molar-refractivity contribution in [1.29, 1.82) is 0 Å². The van der Waals surface area contributed by atoms with E-state index < -0.39 is 0 Å². The van der Waals surface area contributed by atoms with E-state index in [9.17, 15) is 9.59 Å². The zero-order valence-electron chi connectivity index (χ0n) is 16.1. The Bertz CT molecular complexity index is 799. The second kappa shape index (κ2) is 8.61. The van der Waals surface area contributed by atoms with Crippen LogP contribution in [0.4, 0.5) is 10.8 Å². The Hall–Kier alpha value is -2.28. The number of anilines is 2. The summed E-state index contributed by atoms with van der Waals surface area (Å²) in [5.74, 6) is 0.0940.